The molecule has 1 saturated heterocycles. The second kappa shape index (κ2) is 11.1. The molecule has 5 rings (SSSR count). The summed E-state index contributed by atoms with van der Waals surface area (Å²) in [4.78, 5) is 20.0. The second-order valence-corrected chi connectivity index (χ2v) is 9.64. The third-order valence-corrected chi connectivity index (χ3v) is 7.28. The number of carbonyl (C=O) groups is 1. The molecule has 1 fully saturated rings. The molecule has 0 aliphatic carbocycles. The monoisotopic (exact) mass is 497 g/mol. The topological polar surface area (TPSA) is 56.6 Å². The van der Waals surface area contributed by atoms with Crippen LogP contribution in [0.15, 0.2) is 72.8 Å². The van der Waals surface area contributed by atoms with Crippen molar-refractivity contribution in [2.45, 2.75) is 52.0 Å². The molecule has 2 unspecified atom stereocenters. The molecule has 0 spiro atoms. The van der Waals surface area contributed by atoms with Crippen LogP contribution in [0.25, 0.3) is 11.0 Å². The minimum absolute atomic E-state index is 0.00982. The summed E-state index contributed by atoms with van der Waals surface area (Å²) >= 11 is 0. The fourth-order valence-corrected chi connectivity index (χ4v) is 5.09. The Morgan fingerprint density at radius 3 is 2.51 bits per heavy atom. The van der Waals surface area contributed by atoms with Gasteiger partial charge >= 0.3 is 0 Å². The third kappa shape index (κ3) is 5.19. The van der Waals surface area contributed by atoms with Crippen LogP contribution >= 0.6 is 0 Å². The van der Waals surface area contributed by atoms with Crippen LogP contribution in [0.2, 0.25) is 0 Å². The fourth-order valence-electron chi connectivity index (χ4n) is 5.09. The Hall–Kier alpha value is -3.80. The van der Waals surface area contributed by atoms with Crippen LogP contribution in [0.1, 0.15) is 56.8 Å². The molecular formula is C31H35N3O3. The van der Waals surface area contributed by atoms with Gasteiger partial charge in [0.05, 0.1) is 29.9 Å². The van der Waals surface area contributed by atoms with Gasteiger partial charge in [0.25, 0.3) is 0 Å². The zero-order valence-electron chi connectivity index (χ0n) is 21.9. The normalized spacial score (nSPS) is 16.4. The molecule has 6 heteroatoms. The van der Waals surface area contributed by atoms with E-state index in [-0.39, 0.29) is 11.8 Å². The van der Waals surface area contributed by atoms with Gasteiger partial charge in [-0.2, -0.15) is 0 Å². The van der Waals surface area contributed by atoms with Crippen LogP contribution in [0.5, 0.6) is 11.5 Å². The maximum Gasteiger partial charge on any atom is 0.227 e. The van der Waals surface area contributed by atoms with E-state index in [1.165, 1.54) is 5.56 Å². The van der Waals surface area contributed by atoms with Crippen LogP contribution in [-0.2, 0) is 11.3 Å². The summed E-state index contributed by atoms with van der Waals surface area (Å²) in [6.45, 7) is 8.71. The van der Waals surface area contributed by atoms with Crippen molar-refractivity contribution in [1.29, 1.82) is 0 Å². The van der Waals surface area contributed by atoms with Crippen molar-refractivity contribution in [2.75, 3.05) is 24.7 Å². The average molecular weight is 498 g/mol. The molecule has 0 N–H and O–H groups in total. The molecule has 1 aliphatic heterocycles. The number of para-hydroxylation sites is 4. The minimum Gasteiger partial charge on any atom is -0.492 e. The lowest BCUT2D eigenvalue weighted by Gasteiger charge is -2.20. The number of nitrogens with zero attached hydrogens (tertiary/aromatic N) is 3. The number of anilines is 1. The highest BCUT2D eigenvalue weighted by atomic mass is 16.5. The predicted octanol–water partition coefficient (Wildman–Crippen LogP) is 6.55. The molecule has 1 aliphatic rings. The molecule has 192 valence electrons. The molecule has 2 atom stereocenters. The number of aromatic nitrogens is 2. The summed E-state index contributed by atoms with van der Waals surface area (Å²) in [5.41, 5.74) is 4.16. The van der Waals surface area contributed by atoms with Crippen LogP contribution in [0.4, 0.5) is 5.69 Å². The second-order valence-electron chi connectivity index (χ2n) is 9.64. The Kier molecular flexibility index (Phi) is 7.45. The van der Waals surface area contributed by atoms with Gasteiger partial charge in [0.15, 0.2) is 0 Å². The van der Waals surface area contributed by atoms with Gasteiger partial charge in [0.2, 0.25) is 5.91 Å². The average Bonchev–Trinajstić information content (AvgIpc) is 3.49. The summed E-state index contributed by atoms with van der Waals surface area (Å²) in [7, 11) is 0. The number of rotatable bonds is 10. The first-order valence-corrected chi connectivity index (χ1v) is 13.3. The van der Waals surface area contributed by atoms with Gasteiger partial charge in [-0.1, -0.05) is 50.2 Å². The van der Waals surface area contributed by atoms with E-state index in [1.807, 2.05) is 54.3 Å². The maximum absolute atomic E-state index is 13.1. The van der Waals surface area contributed by atoms with Gasteiger partial charge in [-0.25, -0.2) is 4.98 Å². The lowest BCUT2D eigenvalue weighted by Crippen LogP contribution is -2.25. The van der Waals surface area contributed by atoms with Crippen molar-refractivity contribution in [3.05, 3.63) is 84.2 Å². The van der Waals surface area contributed by atoms with Crippen LogP contribution in [0.3, 0.4) is 0 Å². The summed E-state index contributed by atoms with van der Waals surface area (Å²) in [5, 5.41) is 0. The maximum atomic E-state index is 13.1. The number of imidazole rings is 1. The molecule has 3 aromatic carbocycles. The van der Waals surface area contributed by atoms with Crippen molar-refractivity contribution in [2.24, 2.45) is 0 Å². The Morgan fingerprint density at radius 1 is 0.973 bits per heavy atom. The van der Waals surface area contributed by atoms with Crippen LogP contribution in [0, 0.1) is 0 Å². The Labute approximate surface area is 218 Å². The zero-order valence-corrected chi connectivity index (χ0v) is 21.9. The first-order valence-electron chi connectivity index (χ1n) is 13.3. The molecule has 0 saturated carbocycles. The molecular weight excluding hydrogens is 462 g/mol. The van der Waals surface area contributed by atoms with Crippen LogP contribution < -0.4 is 14.4 Å². The van der Waals surface area contributed by atoms with Gasteiger partial charge in [-0.3, -0.25) is 4.79 Å². The SMILES string of the molecule is CCOc1ccccc1N1CC(c2nc3ccccc3n2CCOc2ccc(C(C)CC)cc2)CC1=O. The number of hydrogen-bond acceptors (Lipinski definition) is 4. The van der Waals surface area contributed by atoms with Gasteiger partial charge in [0, 0.05) is 18.9 Å². The lowest BCUT2D eigenvalue weighted by molar-refractivity contribution is -0.117. The Balaban J connectivity index is 1.35. The molecule has 37 heavy (non-hydrogen) atoms. The van der Waals surface area contributed by atoms with E-state index < -0.39 is 0 Å². The third-order valence-electron chi connectivity index (χ3n) is 7.28. The summed E-state index contributed by atoms with van der Waals surface area (Å²) < 4.78 is 14.1. The summed E-state index contributed by atoms with van der Waals surface area (Å²) in [5.74, 6) is 3.16. The van der Waals surface area contributed by atoms with Gasteiger partial charge < -0.3 is 18.9 Å². The Bertz CT molecular complexity index is 1360. The summed E-state index contributed by atoms with van der Waals surface area (Å²) in [6, 6.07) is 24.3. The zero-order chi connectivity index (χ0) is 25.8. The molecule has 1 aromatic heterocycles. The number of amides is 1. The molecule has 2 heterocycles. The quantitative estimate of drug-likeness (QED) is 0.249. The van der Waals surface area contributed by atoms with Crippen LogP contribution in [-0.4, -0.2) is 35.2 Å². The fraction of sp³-hybridized carbons (Fsp3) is 0.355. The smallest absolute Gasteiger partial charge is 0.227 e. The van der Waals surface area contributed by atoms with E-state index in [0.717, 1.165) is 40.5 Å². The lowest BCUT2D eigenvalue weighted by atomic mass is 9.99. The first-order chi connectivity index (χ1) is 18.1. The molecule has 0 bridgehead atoms. The largest absolute Gasteiger partial charge is 0.492 e. The highest BCUT2D eigenvalue weighted by Gasteiger charge is 2.36. The highest BCUT2D eigenvalue weighted by molar-refractivity contribution is 5.97. The summed E-state index contributed by atoms with van der Waals surface area (Å²) in [6.07, 6.45) is 1.54. The number of benzene rings is 3. The highest BCUT2D eigenvalue weighted by Crippen LogP contribution is 2.37. The van der Waals surface area contributed by atoms with E-state index in [9.17, 15) is 4.79 Å². The standard InChI is InChI=1S/C31H35N3O3/c1-4-22(3)23-14-16-25(17-15-23)37-19-18-33-27-11-7-6-10-26(27)32-31(33)24-20-30(35)34(21-24)28-12-8-9-13-29(28)36-5-2/h6-17,22,24H,4-5,18-21H2,1-3H3. The van der Waals surface area contributed by atoms with E-state index in [4.69, 9.17) is 14.5 Å². The minimum atomic E-state index is -0.00982. The van der Waals surface area contributed by atoms with E-state index >= 15 is 0 Å². The number of fused-ring (bicyclic) bond motifs is 1. The molecule has 4 aromatic rings. The van der Waals surface area contributed by atoms with E-state index in [0.29, 0.717) is 38.6 Å². The number of carbonyl (C=O) groups excluding carboxylic acids is 1. The van der Waals surface area contributed by atoms with Crippen molar-refractivity contribution < 1.29 is 14.3 Å². The van der Waals surface area contributed by atoms with Crippen molar-refractivity contribution in [3.8, 4) is 11.5 Å². The van der Waals surface area contributed by atoms with Crippen molar-refractivity contribution in [3.63, 3.8) is 0 Å². The van der Waals surface area contributed by atoms with E-state index in [1.54, 1.807) is 0 Å². The number of ether oxygens (including phenoxy) is 2. The molecule has 1 amide bonds. The molecule has 0 radical (unpaired) electrons. The van der Waals surface area contributed by atoms with E-state index in [2.05, 4.69) is 48.7 Å². The van der Waals surface area contributed by atoms with Gasteiger partial charge in [-0.05, 0) is 61.2 Å². The Morgan fingerprint density at radius 2 is 1.73 bits per heavy atom. The number of hydrogen-bond donors (Lipinski definition) is 0. The molecule has 6 nitrogen and oxygen atoms in total. The van der Waals surface area contributed by atoms with Crippen molar-refractivity contribution in [1.82, 2.24) is 9.55 Å². The van der Waals surface area contributed by atoms with Gasteiger partial charge in [0.1, 0.15) is 23.9 Å². The van der Waals surface area contributed by atoms with Crippen molar-refractivity contribution >= 4 is 22.6 Å². The first kappa shape index (κ1) is 24.9. The predicted molar refractivity (Wildman–Crippen MR) is 148 cm³/mol. The van der Waals surface area contributed by atoms with Gasteiger partial charge in [-0.15, -0.1) is 0 Å².